The molecule has 0 radical (unpaired) electrons. The smallest absolute Gasteiger partial charge is 0.128 e. The summed E-state index contributed by atoms with van der Waals surface area (Å²) in [5.74, 6) is 1.05. The number of anilines is 2. The standard InChI is InChI=1S/C10H14N4/c11-8-1-2-9(13-3-8)14-6-10(7-14)4-12-5-10/h1-3,12H,4-7,11H2. The van der Waals surface area contributed by atoms with Gasteiger partial charge in [0, 0.05) is 31.6 Å². The van der Waals surface area contributed by atoms with E-state index in [0.717, 1.165) is 24.6 Å². The average Bonchev–Trinajstić information content (AvgIpc) is 2.03. The van der Waals surface area contributed by atoms with Gasteiger partial charge in [0.15, 0.2) is 0 Å². The lowest BCUT2D eigenvalue weighted by atomic mass is 9.74. The van der Waals surface area contributed by atoms with Crippen molar-refractivity contribution in [1.82, 2.24) is 10.3 Å². The maximum absolute atomic E-state index is 5.59. The van der Waals surface area contributed by atoms with E-state index in [4.69, 9.17) is 5.73 Å². The third-order valence-corrected chi connectivity index (χ3v) is 3.15. The van der Waals surface area contributed by atoms with E-state index in [1.54, 1.807) is 6.20 Å². The van der Waals surface area contributed by atoms with Crippen LogP contribution < -0.4 is 16.0 Å². The van der Waals surface area contributed by atoms with Crippen molar-refractivity contribution in [3.05, 3.63) is 18.3 Å². The molecule has 0 atom stereocenters. The van der Waals surface area contributed by atoms with Crippen LogP contribution in [-0.2, 0) is 0 Å². The molecule has 0 unspecified atom stereocenters. The zero-order valence-electron chi connectivity index (χ0n) is 8.03. The highest BCUT2D eigenvalue weighted by Gasteiger charge is 2.47. The highest BCUT2D eigenvalue weighted by atomic mass is 15.3. The quantitative estimate of drug-likeness (QED) is 0.658. The Morgan fingerprint density at radius 1 is 1.36 bits per heavy atom. The molecule has 14 heavy (non-hydrogen) atoms. The van der Waals surface area contributed by atoms with Crippen molar-refractivity contribution in [2.45, 2.75) is 0 Å². The van der Waals surface area contributed by atoms with Crippen molar-refractivity contribution >= 4 is 11.5 Å². The molecule has 74 valence electrons. The van der Waals surface area contributed by atoms with Crippen molar-refractivity contribution in [3.63, 3.8) is 0 Å². The minimum absolute atomic E-state index is 0.559. The van der Waals surface area contributed by atoms with Crippen LogP contribution in [0.5, 0.6) is 0 Å². The van der Waals surface area contributed by atoms with Gasteiger partial charge < -0.3 is 16.0 Å². The molecule has 4 nitrogen and oxygen atoms in total. The molecule has 0 amide bonds. The van der Waals surface area contributed by atoms with Crippen LogP contribution in [0.2, 0.25) is 0 Å². The summed E-state index contributed by atoms with van der Waals surface area (Å²) in [4.78, 5) is 6.61. The molecule has 0 saturated carbocycles. The molecule has 2 aliphatic rings. The second kappa shape index (κ2) is 2.60. The minimum Gasteiger partial charge on any atom is -0.397 e. The lowest BCUT2D eigenvalue weighted by molar-refractivity contribution is 0.120. The number of nitrogens with one attached hydrogen (secondary N) is 1. The fourth-order valence-electron chi connectivity index (χ4n) is 2.21. The van der Waals surface area contributed by atoms with Crippen molar-refractivity contribution < 1.29 is 0 Å². The van der Waals surface area contributed by atoms with Crippen LogP contribution in [0.3, 0.4) is 0 Å². The van der Waals surface area contributed by atoms with Crippen LogP contribution in [0.4, 0.5) is 11.5 Å². The van der Waals surface area contributed by atoms with Crippen molar-refractivity contribution in [2.24, 2.45) is 5.41 Å². The summed E-state index contributed by atoms with van der Waals surface area (Å²) in [6.45, 7) is 4.60. The van der Waals surface area contributed by atoms with E-state index in [9.17, 15) is 0 Å². The van der Waals surface area contributed by atoms with E-state index in [0.29, 0.717) is 5.41 Å². The molecule has 3 rings (SSSR count). The molecule has 0 bridgehead atoms. The molecule has 1 aromatic rings. The highest BCUT2D eigenvalue weighted by Crippen LogP contribution is 2.36. The number of hydrogen-bond acceptors (Lipinski definition) is 4. The zero-order valence-corrected chi connectivity index (χ0v) is 8.03. The van der Waals surface area contributed by atoms with E-state index < -0.39 is 0 Å². The predicted molar refractivity (Wildman–Crippen MR) is 56.2 cm³/mol. The largest absolute Gasteiger partial charge is 0.397 e. The topological polar surface area (TPSA) is 54.2 Å². The molecule has 3 heterocycles. The number of nitrogen functional groups attached to an aromatic ring is 1. The number of hydrogen-bond donors (Lipinski definition) is 2. The van der Waals surface area contributed by atoms with Gasteiger partial charge >= 0.3 is 0 Å². The zero-order chi connectivity index (χ0) is 9.60. The summed E-state index contributed by atoms with van der Waals surface area (Å²) in [5.41, 5.74) is 6.88. The van der Waals surface area contributed by atoms with Gasteiger partial charge in [0.1, 0.15) is 5.82 Å². The first kappa shape index (κ1) is 8.05. The minimum atomic E-state index is 0.559. The second-order valence-electron chi connectivity index (χ2n) is 4.41. The van der Waals surface area contributed by atoms with Crippen molar-refractivity contribution in [3.8, 4) is 0 Å². The van der Waals surface area contributed by atoms with Crippen molar-refractivity contribution in [2.75, 3.05) is 36.8 Å². The number of aromatic nitrogens is 1. The molecule has 1 spiro atoms. The summed E-state index contributed by atoms with van der Waals surface area (Å²) in [5, 5.41) is 3.32. The lowest BCUT2D eigenvalue weighted by Crippen LogP contribution is -2.71. The number of nitrogens with zero attached hydrogens (tertiary/aromatic N) is 2. The monoisotopic (exact) mass is 190 g/mol. The van der Waals surface area contributed by atoms with Crippen LogP contribution >= 0.6 is 0 Å². The van der Waals surface area contributed by atoms with E-state index in [2.05, 4.69) is 15.2 Å². The molecule has 4 heteroatoms. The fraction of sp³-hybridized carbons (Fsp3) is 0.500. The molecule has 0 aliphatic carbocycles. The van der Waals surface area contributed by atoms with Gasteiger partial charge in [-0.2, -0.15) is 0 Å². The Hall–Kier alpha value is -1.29. The normalized spacial score (nSPS) is 23.0. The van der Waals surface area contributed by atoms with Gasteiger partial charge in [-0.3, -0.25) is 0 Å². The maximum Gasteiger partial charge on any atom is 0.128 e. The Kier molecular flexibility index (Phi) is 1.50. The Morgan fingerprint density at radius 2 is 2.14 bits per heavy atom. The molecule has 0 aromatic carbocycles. The predicted octanol–water partition coefficient (Wildman–Crippen LogP) is 0.0734. The Labute approximate surface area is 83.1 Å². The van der Waals surface area contributed by atoms with Gasteiger partial charge in [-0.1, -0.05) is 0 Å². The number of nitrogens with two attached hydrogens (primary N) is 1. The molecular formula is C10H14N4. The van der Waals surface area contributed by atoms with Gasteiger partial charge in [0.25, 0.3) is 0 Å². The van der Waals surface area contributed by atoms with Gasteiger partial charge in [-0.25, -0.2) is 4.98 Å². The summed E-state index contributed by atoms with van der Waals surface area (Å²) >= 11 is 0. The van der Waals surface area contributed by atoms with Crippen molar-refractivity contribution in [1.29, 1.82) is 0 Å². The SMILES string of the molecule is Nc1ccc(N2CC3(CNC3)C2)nc1. The van der Waals surface area contributed by atoms with Crippen LogP contribution in [0.25, 0.3) is 0 Å². The number of pyridine rings is 1. The van der Waals surface area contributed by atoms with Gasteiger partial charge in [0.05, 0.1) is 11.9 Å². The van der Waals surface area contributed by atoms with Gasteiger partial charge in [-0.15, -0.1) is 0 Å². The van der Waals surface area contributed by atoms with Gasteiger partial charge in [0.2, 0.25) is 0 Å². The summed E-state index contributed by atoms with van der Waals surface area (Å²) in [7, 11) is 0. The third kappa shape index (κ3) is 1.07. The van der Waals surface area contributed by atoms with Crippen LogP contribution in [0.1, 0.15) is 0 Å². The van der Waals surface area contributed by atoms with Crippen LogP contribution in [-0.4, -0.2) is 31.2 Å². The third-order valence-electron chi connectivity index (χ3n) is 3.15. The van der Waals surface area contributed by atoms with E-state index in [1.807, 2.05) is 12.1 Å². The summed E-state index contributed by atoms with van der Waals surface area (Å²) < 4.78 is 0. The van der Waals surface area contributed by atoms with E-state index >= 15 is 0 Å². The molecule has 1 aromatic heterocycles. The second-order valence-corrected chi connectivity index (χ2v) is 4.41. The molecule has 2 fully saturated rings. The van der Waals surface area contributed by atoms with Crippen LogP contribution in [0.15, 0.2) is 18.3 Å². The Bertz CT molecular complexity index is 334. The maximum atomic E-state index is 5.59. The summed E-state index contributed by atoms with van der Waals surface area (Å²) in [6.07, 6.45) is 1.72. The van der Waals surface area contributed by atoms with Crippen LogP contribution in [0, 0.1) is 5.41 Å². The molecule has 2 aliphatic heterocycles. The van der Waals surface area contributed by atoms with E-state index in [1.165, 1.54) is 13.1 Å². The van der Waals surface area contributed by atoms with E-state index in [-0.39, 0.29) is 0 Å². The Balaban J connectivity index is 1.70. The molecule has 3 N–H and O–H groups in total. The highest BCUT2D eigenvalue weighted by molar-refractivity contribution is 5.48. The number of rotatable bonds is 1. The lowest BCUT2D eigenvalue weighted by Gasteiger charge is -2.56. The summed E-state index contributed by atoms with van der Waals surface area (Å²) in [6, 6.07) is 3.90. The first-order valence-electron chi connectivity index (χ1n) is 4.95. The first-order chi connectivity index (χ1) is 6.77. The van der Waals surface area contributed by atoms with Gasteiger partial charge in [-0.05, 0) is 12.1 Å². The molecule has 2 saturated heterocycles. The fourth-order valence-corrected chi connectivity index (χ4v) is 2.21. The first-order valence-corrected chi connectivity index (χ1v) is 4.95. The average molecular weight is 190 g/mol. The Morgan fingerprint density at radius 3 is 2.64 bits per heavy atom. The molecular weight excluding hydrogens is 176 g/mol.